The second kappa shape index (κ2) is 5.61. The van der Waals surface area contributed by atoms with Crippen molar-refractivity contribution in [3.8, 4) is 17.0 Å². The van der Waals surface area contributed by atoms with Crippen LogP contribution in [0.15, 0.2) is 36.4 Å². The first-order valence-corrected chi connectivity index (χ1v) is 8.04. The van der Waals surface area contributed by atoms with Crippen molar-refractivity contribution < 1.29 is 4.74 Å². The second-order valence-electron chi connectivity index (χ2n) is 6.20. The van der Waals surface area contributed by atoms with E-state index in [4.69, 9.17) is 10.5 Å². The van der Waals surface area contributed by atoms with E-state index >= 15 is 0 Å². The molecule has 2 fully saturated rings. The minimum atomic E-state index is 0.272. The van der Waals surface area contributed by atoms with Gasteiger partial charge in [0.15, 0.2) is 0 Å². The smallest absolute Gasteiger partial charge is 0.124 e. The molecular formula is C18H21N3O. The molecule has 2 aliphatic rings. The van der Waals surface area contributed by atoms with Crippen LogP contribution >= 0.6 is 0 Å². The molecule has 1 aromatic heterocycles. The van der Waals surface area contributed by atoms with Crippen LogP contribution in [0.2, 0.25) is 0 Å². The summed E-state index contributed by atoms with van der Waals surface area (Å²) in [6, 6.07) is 12.2. The third-order valence-corrected chi connectivity index (χ3v) is 4.41. The highest BCUT2D eigenvalue weighted by molar-refractivity contribution is 5.68. The van der Waals surface area contributed by atoms with E-state index in [2.05, 4.69) is 28.5 Å². The van der Waals surface area contributed by atoms with Gasteiger partial charge in [-0.05, 0) is 61.6 Å². The lowest BCUT2D eigenvalue weighted by molar-refractivity contribution is 0.223. The lowest BCUT2D eigenvalue weighted by Crippen LogP contribution is -2.19. The molecule has 1 atom stereocenters. The molecule has 1 aromatic carbocycles. The van der Waals surface area contributed by atoms with Crippen molar-refractivity contribution in [3.05, 3.63) is 42.0 Å². The summed E-state index contributed by atoms with van der Waals surface area (Å²) in [5.41, 5.74) is 9.33. The van der Waals surface area contributed by atoms with Crippen LogP contribution in [0, 0.1) is 0 Å². The van der Waals surface area contributed by atoms with Crippen molar-refractivity contribution in [2.45, 2.75) is 31.3 Å². The molecule has 2 heterocycles. The third kappa shape index (κ3) is 2.79. The first-order valence-electron chi connectivity index (χ1n) is 8.04. The first-order chi connectivity index (χ1) is 10.8. The zero-order valence-electron chi connectivity index (χ0n) is 12.6. The van der Waals surface area contributed by atoms with Gasteiger partial charge in [-0.2, -0.15) is 0 Å². The number of ether oxygens (including phenoxy) is 1. The number of anilines is 1. The monoisotopic (exact) mass is 295 g/mol. The Bertz CT molecular complexity index is 676. The van der Waals surface area contributed by atoms with Gasteiger partial charge in [0.25, 0.3) is 0 Å². The van der Waals surface area contributed by atoms with Crippen LogP contribution in [0.5, 0.6) is 5.75 Å². The number of nitrogens with one attached hydrogen (secondary N) is 1. The van der Waals surface area contributed by atoms with E-state index in [0.29, 0.717) is 11.7 Å². The van der Waals surface area contributed by atoms with Crippen molar-refractivity contribution in [2.24, 2.45) is 0 Å². The number of hydrogen-bond donors (Lipinski definition) is 2. The molecule has 4 rings (SSSR count). The molecule has 1 aliphatic carbocycles. The highest BCUT2D eigenvalue weighted by atomic mass is 16.5. The van der Waals surface area contributed by atoms with Crippen LogP contribution in [0.3, 0.4) is 0 Å². The lowest BCUT2D eigenvalue weighted by atomic mass is 9.99. The van der Waals surface area contributed by atoms with E-state index in [1.807, 2.05) is 18.2 Å². The molecule has 4 nitrogen and oxygen atoms in total. The first kappa shape index (κ1) is 13.6. The van der Waals surface area contributed by atoms with Gasteiger partial charge in [0, 0.05) is 12.1 Å². The van der Waals surface area contributed by atoms with Crippen LogP contribution in [-0.2, 0) is 0 Å². The van der Waals surface area contributed by atoms with Crippen LogP contribution in [0.1, 0.15) is 30.7 Å². The van der Waals surface area contributed by atoms with E-state index < -0.39 is 0 Å². The number of pyridine rings is 1. The van der Waals surface area contributed by atoms with Crippen LogP contribution in [0.25, 0.3) is 11.3 Å². The highest BCUT2D eigenvalue weighted by Crippen LogP contribution is 2.45. The van der Waals surface area contributed by atoms with Gasteiger partial charge in [-0.15, -0.1) is 0 Å². The minimum Gasteiger partial charge on any atom is -0.489 e. The van der Waals surface area contributed by atoms with Gasteiger partial charge in [-0.1, -0.05) is 12.1 Å². The number of benzene rings is 1. The molecule has 4 heteroatoms. The van der Waals surface area contributed by atoms with Crippen molar-refractivity contribution in [1.82, 2.24) is 10.3 Å². The van der Waals surface area contributed by atoms with Gasteiger partial charge in [0.05, 0.1) is 5.69 Å². The van der Waals surface area contributed by atoms with Crippen molar-refractivity contribution in [3.63, 3.8) is 0 Å². The van der Waals surface area contributed by atoms with Gasteiger partial charge < -0.3 is 15.8 Å². The quantitative estimate of drug-likeness (QED) is 0.910. The van der Waals surface area contributed by atoms with Gasteiger partial charge in [0.1, 0.15) is 17.7 Å². The summed E-state index contributed by atoms with van der Waals surface area (Å²) in [5.74, 6) is 2.16. The van der Waals surface area contributed by atoms with E-state index in [-0.39, 0.29) is 6.10 Å². The fourth-order valence-electron chi connectivity index (χ4n) is 3.10. The number of nitrogens with zero attached hydrogens (tertiary/aromatic N) is 1. The molecule has 22 heavy (non-hydrogen) atoms. The summed E-state index contributed by atoms with van der Waals surface area (Å²) in [6.07, 6.45) is 3.87. The molecule has 0 amide bonds. The van der Waals surface area contributed by atoms with Crippen molar-refractivity contribution in [2.75, 3.05) is 18.8 Å². The Kier molecular flexibility index (Phi) is 3.47. The molecular weight excluding hydrogens is 274 g/mol. The Labute approximate surface area is 130 Å². The molecule has 0 bridgehead atoms. The molecule has 0 spiro atoms. The summed E-state index contributed by atoms with van der Waals surface area (Å²) >= 11 is 0. The van der Waals surface area contributed by atoms with Crippen LogP contribution < -0.4 is 15.8 Å². The minimum absolute atomic E-state index is 0.272. The highest BCUT2D eigenvalue weighted by Gasteiger charge is 2.27. The van der Waals surface area contributed by atoms with E-state index in [1.165, 1.54) is 24.0 Å². The van der Waals surface area contributed by atoms with Gasteiger partial charge in [-0.3, -0.25) is 0 Å². The largest absolute Gasteiger partial charge is 0.489 e. The van der Waals surface area contributed by atoms with E-state index in [1.54, 1.807) is 0 Å². The van der Waals surface area contributed by atoms with Crippen molar-refractivity contribution >= 4 is 5.82 Å². The molecule has 3 N–H and O–H groups in total. The van der Waals surface area contributed by atoms with Gasteiger partial charge in [0.2, 0.25) is 0 Å². The van der Waals surface area contributed by atoms with Crippen LogP contribution in [-0.4, -0.2) is 24.2 Å². The molecule has 0 radical (unpaired) electrons. The summed E-state index contributed by atoms with van der Waals surface area (Å²) in [7, 11) is 0. The normalized spacial score (nSPS) is 21.0. The van der Waals surface area contributed by atoms with E-state index in [9.17, 15) is 0 Å². The van der Waals surface area contributed by atoms with Gasteiger partial charge in [-0.25, -0.2) is 4.98 Å². The fraction of sp³-hybridized carbons (Fsp3) is 0.389. The number of nitrogen functional groups attached to an aromatic ring is 1. The molecule has 2 aromatic rings. The van der Waals surface area contributed by atoms with Crippen molar-refractivity contribution in [1.29, 1.82) is 0 Å². The number of aromatic nitrogens is 1. The maximum absolute atomic E-state index is 6.10. The zero-order valence-corrected chi connectivity index (χ0v) is 12.6. The standard InChI is InChI=1S/C18H21N3O/c19-18-3-1-2-17(21-18)16-10-13(22-14-8-9-20-11-14)6-7-15(16)12-4-5-12/h1-3,6-7,10,12,14,20H,4-5,8-9,11H2,(H2,19,21). The predicted molar refractivity (Wildman–Crippen MR) is 88.0 cm³/mol. The number of rotatable bonds is 4. The number of hydrogen-bond acceptors (Lipinski definition) is 4. The second-order valence-corrected chi connectivity index (χ2v) is 6.20. The van der Waals surface area contributed by atoms with E-state index in [0.717, 1.165) is 31.0 Å². The zero-order chi connectivity index (χ0) is 14.9. The summed E-state index contributed by atoms with van der Waals surface area (Å²) in [5, 5.41) is 3.33. The van der Waals surface area contributed by atoms with Gasteiger partial charge >= 0.3 is 0 Å². The molecule has 1 saturated carbocycles. The Morgan fingerprint density at radius 1 is 1.14 bits per heavy atom. The summed E-state index contributed by atoms with van der Waals surface area (Å²) < 4.78 is 6.10. The summed E-state index contributed by atoms with van der Waals surface area (Å²) in [6.45, 7) is 1.96. The maximum atomic E-state index is 6.10. The average Bonchev–Trinajstić information content (AvgIpc) is 3.25. The Balaban J connectivity index is 1.69. The Hall–Kier alpha value is -2.07. The molecule has 1 saturated heterocycles. The fourth-order valence-corrected chi connectivity index (χ4v) is 3.10. The Morgan fingerprint density at radius 2 is 2.05 bits per heavy atom. The predicted octanol–water partition coefficient (Wildman–Crippen LogP) is 2.95. The molecule has 114 valence electrons. The number of nitrogens with two attached hydrogens (primary N) is 1. The maximum Gasteiger partial charge on any atom is 0.124 e. The molecule has 1 aliphatic heterocycles. The Morgan fingerprint density at radius 3 is 2.77 bits per heavy atom. The summed E-state index contributed by atoms with van der Waals surface area (Å²) in [4.78, 5) is 4.50. The molecule has 1 unspecified atom stereocenters. The average molecular weight is 295 g/mol. The SMILES string of the molecule is Nc1cccc(-c2cc(OC3CCNC3)ccc2C2CC2)n1. The topological polar surface area (TPSA) is 60.2 Å². The van der Waals surface area contributed by atoms with Crippen LogP contribution in [0.4, 0.5) is 5.82 Å². The third-order valence-electron chi connectivity index (χ3n) is 4.41. The lowest BCUT2D eigenvalue weighted by Gasteiger charge is -2.16.